The lowest BCUT2D eigenvalue weighted by Crippen LogP contribution is -2.25. The Morgan fingerprint density at radius 2 is 2.27 bits per heavy atom. The van der Waals surface area contributed by atoms with Crippen LogP contribution in [-0.4, -0.2) is 53.2 Å². The van der Waals surface area contributed by atoms with Gasteiger partial charge in [-0.3, -0.25) is 9.36 Å². The maximum absolute atomic E-state index is 12.6. The van der Waals surface area contributed by atoms with E-state index >= 15 is 0 Å². The first kappa shape index (κ1) is 18.5. The van der Waals surface area contributed by atoms with E-state index in [0.29, 0.717) is 35.4 Å². The first-order valence-corrected chi connectivity index (χ1v) is 9.25. The maximum atomic E-state index is 12.6. The molecule has 1 aromatic carbocycles. The highest BCUT2D eigenvalue weighted by atomic mass is 32.2. The SMILES string of the molecule is COc1ccc(OC)c(C(=O)CSc2n[nH]c(=O)n2C[C@H]2CCCO2)c1. The fourth-order valence-electron chi connectivity index (χ4n) is 2.81. The number of methoxy groups -OCH3 is 2. The van der Waals surface area contributed by atoms with E-state index in [4.69, 9.17) is 14.2 Å². The predicted molar refractivity (Wildman–Crippen MR) is 96.4 cm³/mol. The average molecular weight is 379 g/mol. The van der Waals surface area contributed by atoms with Crippen molar-refractivity contribution >= 4 is 17.5 Å². The molecule has 1 atom stereocenters. The van der Waals surface area contributed by atoms with Gasteiger partial charge in [-0.15, -0.1) is 5.10 Å². The molecule has 1 N–H and O–H groups in total. The Hall–Kier alpha value is -2.26. The molecular weight excluding hydrogens is 358 g/mol. The average Bonchev–Trinajstić information content (AvgIpc) is 3.30. The third-order valence-corrected chi connectivity index (χ3v) is 5.15. The number of rotatable bonds is 8. The minimum atomic E-state index is -0.297. The molecule has 2 heterocycles. The van der Waals surface area contributed by atoms with E-state index in [1.807, 2.05) is 0 Å². The van der Waals surface area contributed by atoms with Crippen molar-refractivity contribution in [2.24, 2.45) is 0 Å². The molecular formula is C17H21N3O5S. The lowest BCUT2D eigenvalue weighted by molar-refractivity contribution is 0.0941. The Labute approximate surface area is 154 Å². The van der Waals surface area contributed by atoms with Gasteiger partial charge in [0, 0.05) is 6.61 Å². The van der Waals surface area contributed by atoms with Gasteiger partial charge in [-0.25, -0.2) is 9.89 Å². The van der Waals surface area contributed by atoms with E-state index in [2.05, 4.69) is 10.2 Å². The van der Waals surface area contributed by atoms with Crippen LogP contribution in [0.3, 0.4) is 0 Å². The van der Waals surface area contributed by atoms with Gasteiger partial charge < -0.3 is 14.2 Å². The number of thioether (sulfide) groups is 1. The summed E-state index contributed by atoms with van der Waals surface area (Å²) in [5, 5.41) is 6.94. The zero-order valence-corrected chi connectivity index (χ0v) is 15.5. The molecule has 0 bridgehead atoms. The van der Waals surface area contributed by atoms with Crippen LogP contribution in [0.15, 0.2) is 28.2 Å². The number of aromatic amines is 1. The smallest absolute Gasteiger partial charge is 0.344 e. The molecule has 1 saturated heterocycles. The Morgan fingerprint density at radius 1 is 1.42 bits per heavy atom. The summed E-state index contributed by atoms with van der Waals surface area (Å²) in [5.41, 5.74) is 0.136. The van der Waals surface area contributed by atoms with Crippen LogP contribution in [-0.2, 0) is 11.3 Å². The van der Waals surface area contributed by atoms with Crippen molar-refractivity contribution in [1.82, 2.24) is 14.8 Å². The van der Waals surface area contributed by atoms with Crippen LogP contribution < -0.4 is 15.2 Å². The molecule has 8 nitrogen and oxygen atoms in total. The monoisotopic (exact) mass is 379 g/mol. The number of ketones is 1. The van der Waals surface area contributed by atoms with Gasteiger partial charge in [-0.05, 0) is 31.0 Å². The van der Waals surface area contributed by atoms with Gasteiger partial charge >= 0.3 is 5.69 Å². The van der Waals surface area contributed by atoms with Crippen molar-refractivity contribution in [3.05, 3.63) is 34.2 Å². The second-order valence-corrected chi connectivity index (χ2v) is 6.78. The zero-order valence-electron chi connectivity index (χ0n) is 14.7. The summed E-state index contributed by atoms with van der Waals surface area (Å²) in [5.74, 6) is 1.05. The van der Waals surface area contributed by atoms with E-state index in [0.717, 1.165) is 12.8 Å². The van der Waals surface area contributed by atoms with Crippen molar-refractivity contribution in [3.63, 3.8) is 0 Å². The summed E-state index contributed by atoms with van der Waals surface area (Å²) < 4.78 is 17.5. The Bertz CT molecular complexity index is 826. The second kappa shape index (κ2) is 8.41. The van der Waals surface area contributed by atoms with Crippen LogP contribution in [0.2, 0.25) is 0 Å². The third kappa shape index (κ3) is 4.10. The van der Waals surface area contributed by atoms with Gasteiger partial charge in [0.05, 0.1) is 38.2 Å². The number of carbonyl (C=O) groups is 1. The zero-order chi connectivity index (χ0) is 18.5. The third-order valence-electron chi connectivity index (χ3n) is 4.17. The molecule has 9 heteroatoms. The summed E-state index contributed by atoms with van der Waals surface area (Å²) in [4.78, 5) is 24.6. The number of ether oxygens (including phenoxy) is 3. The van der Waals surface area contributed by atoms with Crippen molar-refractivity contribution in [3.8, 4) is 11.5 Å². The van der Waals surface area contributed by atoms with Gasteiger partial charge in [0.25, 0.3) is 0 Å². The minimum Gasteiger partial charge on any atom is -0.497 e. The first-order chi connectivity index (χ1) is 12.6. The number of carbonyl (C=O) groups excluding carboxylic acids is 1. The highest BCUT2D eigenvalue weighted by molar-refractivity contribution is 7.99. The van der Waals surface area contributed by atoms with Gasteiger partial charge in [-0.1, -0.05) is 11.8 Å². The first-order valence-electron chi connectivity index (χ1n) is 8.27. The number of nitrogens with one attached hydrogen (secondary N) is 1. The maximum Gasteiger partial charge on any atom is 0.344 e. The van der Waals surface area contributed by atoms with E-state index in [9.17, 15) is 9.59 Å². The van der Waals surface area contributed by atoms with Crippen molar-refractivity contribution < 1.29 is 19.0 Å². The molecule has 26 heavy (non-hydrogen) atoms. The Balaban J connectivity index is 1.71. The summed E-state index contributed by atoms with van der Waals surface area (Å²) in [6.45, 7) is 1.15. The van der Waals surface area contributed by atoms with Crippen LogP contribution in [0.1, 0.15) is 23.2 Å². The number of H-pyrrole nitrogens is 1. The van der Waals surface area contributed by atoms with Crippen molar-refractivity contribution in [1.29, 1.82) is 0 Å². The molecule has 0 spiro atoms. The Kier molecular flexibility index (Phi) is 6.00. The second-order valence-electron chi connectivity index (χ2n) is 5.84. The summed E-state index contributed by atoms with van der Waals surface area (Å²) in [7, 11) is 3.05. The van der Waals surface area contributed by atoms with Crippen LogP contribution in [0.25, 0.3) is 0 Å². The van der Waals surface area contributed by atoms with Gasteiger partial charge in [-0.2, -0.15) is 0 Å². The van der Waals surface area contributed by atoms with E-state index in [1.165, 1.54) is 23.4 Å². The highest BCUT2D eigenvalue weighted by Gasteiger charge is 2.21. The topological polar surface area (TPSA) is 95.4 Å². The largest absolute Gasteiger partial charge is 0.497 e. The number of hydrogen-bond acceptors (Lipinski definition) is 7. The Morgan fingerprint density at radius 3 is 2.96 bits per heavy atom. The van der Waals surface area contributed by atoms with Crippen molar-refractivity contribution in [2.45, 2.75) is 30.6 Å². The standard InChI is InChI=1S/C17H21N3O5S/c1-23-11-5-6-15(24-2)13(8-11)14(21)10-26-17-19-18-16(22)20(17)9-12-4-3-7-25-12/h5-6,8,12H,3-4,7,9-10H2,1-2H3,(H,18,22)/t12-/m1/s1. The normalized spacial score (nSPS) is 16.6. The van der Waals surface area contributed by atoms with Crippen LogP contribution in [0.5, 0.6) is 11.5 Å². The molecule has 1 aromatic heterocycles. The van der Waals surface area contributed by atoms with Gasteiger partial charge in [0.15, 0.2) is 10.9 Å². The number of hydrogen-bond donors (Lipinski definition) is 1. The minimum absolute atomic E-state index is 0.0128. The molecule has 2 aromatic rings. The van der Waals surface area contributed by atoms with Gasteiger partial charge in [0.1, 0.15) is 11.5 Å². The van der Waals surface area contributed by atoms with Crippen LogP contribution in [0, 0.1) is 0 Å². The quantitative estimate of drug-likeness (QED) is 0.551. The number of nitrogens with zero attached hydrogens (tertiary/aromatic N) is 2. The van der Waals surface area contributed by atoms with E-state index < -0.39 is 0 Å². The molecule has 3 rings (SSSR count). The summed E-state index contributed by atoms with van der Waals surface area (Å²) in [6, 6.07) is 5.07. The number of benzene rings is 1. The summed E-state index contributed by atoms with van der Waals surface area (Å²) >= 11 is 1.21. The van der Waals surface area contributed by atoms with Gasteiger partial charge in [0.2, 0.25) is 0 Å². The summed E-state index contributed by atoms with van der Waals surface area (Å²) in [6.07, 6.45) is 1.93. The molecule has 0 radical (unpaired) electrons. The molecule has 0 aliphatic carbocycles. The van der Waals surface area contributed by atoms with Crippen molar-refractivity contribution in [2.75, 3.05) is 26.6 Å². The molecule has 0 unspecified atom stereocenters. The molecule has 1 aliphatic rings. The number of aromatic nitrogens is 3. The van der Waals surface area contributed by atoms with Crippen LogP contribution >= 0.6 is 11.8 Å². The fraction of sp³-hybridized carbons (Fsp3) is 0.471. The highest BCUT2D eigenvalue weighted by Crippen LogP contribution is 2.26. The molecule has 140 valence electrons. The molecule has 1 aliphatic heterocycles. The lowest BCUT2D eigenvalue weighted by Gasteiger charge is -2.11. The number of Topliss-reactive ketones (excluding diaryl/α,β-unsaturated/α-hetero) is 1. The molecule has 0 saturated carbocycles. The van der Waals surface area contributed by atoms with E-state index in [1.54, 1.807) is 25.3 Å². The van der Waals surface area contributed by atoms with Crippen LogP contribution in [0.4, 0.5) is 0 Å². The van der Waals surface area contributed by atoms with E-state index in [-0.39, 0.29) is 23.3 Å². The lowest BCUT2D eigenvalue weighted by atomic mass is 10.1. The molecule has 0 amide bonds. The molecule has 1 fully saturated rings. The fourth-order valence-corrected chi connectivity index (χ4v) is 3.65. The predicted octanol–water partition coefficient (Wildman–Crippen LogP) is 1.74.